The Kier molecular flexibility index (Phi) is 7.77. The Labute approximate surface area is 186 Å². The molecule has 9 nitrogen and oxygen atoms in total. The number of hydrogen-bond donors (Lipinski definition) is 5. The van der Waals surface area contributed by atoms with Gasteiger partial charge < -0.3 is 27.4 Å². The lowest BCUT2D eigenvalue weighted by Crippen LogP contribution is -2.51. The fraction of sp³-hybridized carbons (Fsp3) is 0.391. The minimum atomic E-state index is -0.988. The van der Waals surface area contributed by atoms with Crippen LogP contribution in [0.15, 0.2) is 42.5 Å². The van der Waals surface area contributed by atoms with Crippen molar-refractivity contribution in [3.05, 3.63) is 48.0 Å². The first kappa shape index (κ1) is 23.2. The quantitative estimate of drug-likeness (QED) is 0.363. The average Bonchev–Trinajstić information content (AvgIpc) is 2.78. The number of amides is 4. The Morgan fingerprint density at radius 3 is 2.62 bits per heavy atom. The fourth-order valence-corrected chi connectivity index (χ4v) is 3.94. The molecule has 0 aromatic heterocycles. The Bertz CT molecular complexity index is 1000. The van der Waals surface area contributed by atoms with Crippen LogP contribution in [-0.2, 0) is 25.6 Å². The van der Waals surface area contributed by atoms with Gasteiger partial charge in [0.25, 0.3) is 0 Å². The van der Waals surface area contributed by atoms with E-state index in [1.165, 1.54) is 0 Å². The summed E-state index contributed by atoms with van der Waals surface area (Å²) in [5.41, 5.74) is 12.4. The van der Waals surface area contributed by atoms with E-state index in [1.807, 2.05) is 42.5 Å². The molecule has 0 radical (unpaired) electrons. The van der Waals surface area contributed by atoms with Crippen molar-refractivity contribution in [1.29, 1.82) is 0 Å². The highest BCUT2D eigenvalue weighted by atomic mass is 16.2. The molecule has 0 aliphatic carbocycles. The summed E-state index contributed by atoms with van der Waals surface area (Å²) in [6, 6.07) is 11.8. The lowest BCUT2D eigenvalue weighted by atomic mass is 9.91. The standard InChI is InChI=1S/C23H29N5O4/c24-18(11-15-7-3-6-14-5-1-2-9-17(14)15)23(32)27-13-20(29)28-19(21(25)30)12-16-8-4-10-26-22(16)31/h1-3,5-7,9,16,18-19H,4,8,10-13,24H2,(H2,25,30)(H,26,31)(H,27,32)(H,28,29). The molecule has 32 heavy (non-hydrogen) atoms. The molecular weight excluding hydrogens is 410 g/mol. The second-order valence-corrected chi connectivity index (χ2v) is 8.06. The molecule has 1 aliphatic heterocycles. The molecule has 1 saturated heterocycles. The Balaban J connectivity index is 1.51. The Morgan fingerprint density at radius 2 is 1.88 bits per heavy atom. The van der Waals surface area contributed by atoms with E-state index < -0.39 is 29.8 Å². The number of carbonyl (C=O) groups is 4. The molecule has 1 aliphatic rings. The van der Waals surface area contributed by atoms with Crippen molar-refractivity contribution in [2.24, 2.45) is 17.4 Å². The van der Waals surface area contributed by atoms with Crippen molar-refractivity contribution >= 4 is 34.4 Å². The molecule has 3 rings (SSSR count). The third-order valence-corrected chi connectivity index (χ3v) is 5.68. The minimum Gasteiger partial charge on any atom is -0.368 e. The molecule has 0 saturated carbocycles. The van der Waals surface area contributed by atoms with Crippen molar-refractivity contribution in [3.63, 3.8) is 0 Å². The van der Waals surface area contributed by atoms with Gasteiger partial charge in [0.05, 0.1) is 12.6 Å². The number of fused-ring (bicyclic) bond motifs is 1. The van der Waals surface area contributed by atoms with Crippen LogP contribution in [0.2, 0.25) is 0 Å². The van der Waals surface area contributed by atoms with Gasteiger partial charge in [0.15, 0.2) is 0 Å². The summed E-state index contributed by atoms with van der Waals surface area (Å²) >= 11 is 0. The Hall–Kier alpha value is -3.46. The normalized spacial score (nSPS) is 17.8. The van der Waals surface area contributed by atoms with Gasteiger partial charge in [-0.15, -0.1) is 0 Å². The van der Waals surface area contributed by atoms with Crippen LogP contribution < -0.4 is 27.4 Å². The zero-order chi connectivity index (χ0) is 23.1. The van der Waals surface area contributed by atoms with Crippen LogP contribution >= 0.6 is 0 Å². The number of benzene rings is 2. The fourth-order valence-electron chi connectivity index (χ4n) is 3.94. The smallest absolute Gasteiger partial charge is 0.240 e. The number of hydrogen-bond acceptors (Lipinski definition) is 5. The number of nitrogens with two attached hydrogens (primary N) is 2. The van der Waals surface area contributed by atoms with Gasteiger partial charge in [-0.1, -0.05) is 42.5 Å². The maximum absolute atomic E-state index is 12.4. The van der Waals surface area contributed by atoms with Crippen LogP contribution in [0.3, 0.4) is 0 Å². The summed E-state index contributed by atoms with van der Waals surface area (Å²) in [7, 11) is 0. The molecule has 2 aromatic rings. The number of rotatable bonds is 9. The maximum atomic E-state index is 12.4. The molecule has 0 bridgehead atoms. The van der Waals surface area contributed by atoms with E-state index in [2.05, 4.69) is 16.0 Å². The molecule has 170 valence electrons. The first-order chi connectivity index (χ1) is 15.3. The van der Waals surface area contributed by atoms with Gasteiger partial charge in [0, 0.05) is 12.5 Å². The zero-order valence-electron chi connectivity index (χ0n) is 17.8. The molecular formula is C23H29N5O4. The van der Waals surface area contributed by atoms with Gasteiger partial charge in [-0.05, 0) is 42.0 Å². The molecule has 9 heteroatoms. The highest BCUT2D eigenvalue weighted by Crippen LogP contribution is 2.20. The summed E-state index contributed by atoms with van der Waals surface area (Å²) in [4.78, 5) is 48.3. The van der Waals surface area contributed by atoms with Crippen molar-refractivity contribution in [1.82, 2.24) is 16.0 Å². The third kappa shape index (κ3) is 6.04. The predicted molar refractivity (Wildman–Crippen MR) is 120 cm³/mol. The highest BCUT2D eigenvalue weighted by molar-refractivity contribution is 5.92. The van der Waals surface area contributed by atoms with Crippen LogP contribution in [-0.4, -0.2) is 48.8 Å². The van der Waals surface area contributed by atoms with Crippen LogP contribution in [0.5, 0.6) is 0 Å². The number of piperidine rings is 1. The van der Waals surface area contributed by atoms with Crippen molar-refractivity contribution < 1.29 is 19.2 Å². The lowest BCUT2D eigenvalue weighted by molar-refractivity contribution is -0.131. The van der Waals surface area contributed by atoms with Gasteiger partial charge in [-0.3, -0.25) is 19.2 Å². The van der Waals surface area contributed by atoms with E-state index in [0.29, 0.717) is 19.4 Å². The second kappa shape index (κ2) is 10.7. The first-order valence-electron chi connectivity index (χ1n) is 10.7. The summed E-state index contributed by atoms with van der Waals surface area (Å²) in [6.45, 7) is 0.261. The number of nitrogens with one attached hydrogen (secondary N) is 3. The summed E-state index contributed by atoms with van der Waals surface area (Å²) in [5, 5.41) is 9.82. The average molecular weight is 440 g/mol. The monoisotopic (exact) mass is 439 g/mol. The molecule has 0 spiro atoms. The van der Waals surface area contributed by atoms with E-state index >= 15 is 0 Å². The molecule has 3 unspecified atom stereocenters. The van der Waals surface area contributed by atoms with Crippen LogP contribution in [0.25, 0.3) is 10.8 Å². The SMILES string of the molecule is NC(=O)C(CC1CCCNC1=O)NC(=O)CNC(=O)C(N)Cc1cccc2ccccc12. The van der Waals surface area contributed by atoms with Gasteiger partial charge >= 0.3 is 0 Å². The Morgan fingerprint density at radius 1 is 1.12 bits per heavy atom. The van der Waals surface area contributed by atoms with Gasteiger partial charge in [0.1, 0.15) is 6.04 Å². The number of primary amides is 1. The first-order valence-corrected chi connectivity index (χ1v) is 10.7. The topological polar surface area (TPSA) is 156 Å². The molecule has 4 amide bonds. The van der Waals surface area contributed by atoms with Crippen molar-refractivity contribution in [3.8, 4) is 0 Å². The third-order valence-electron chi connectivity index (χ3n) is 5.68. The maximum Gasteiger partial charge on any atom is 0.240 e. The van der Waals surface area contributed by atoms with E-state index in [9.17, 15) is 19.2 Å². The lowest BCUT2D eigenvalue weighted by Gasteiger charge is -2.25. The number of carbonyl (C=O) groups excluding carboxylic acids is 4. The van der Waals surface area contributed by atoms with E-state index in [4.69, 9.17) is 11.5 Å². The summed E-state index contributed by atoms with van der Waals surface area (Å²) in [5.74, 6) is -2.31. The van der Waals surface area contributed by atoms with Crippen LogP contribution in [0.4, 0.5) is 0 Å². The molecule has 3 atom stereocenters. The summed E-state index contributed by atoms with van der Waals surface area (Å²) < 4.78 is 0. The molecule has 1 fully saturated rings. The van der Waals surface area contributed by atoms with Crippen molar-refractivity contribution in [2.75, 3.05) is 13.1 Å². The zero-order valence-corrected chi connectivity index (χ0v) is 17.8. The minimum absolute atomic E-state index is 0.126. The van der Waals surface area contributed by atoms with Crippen LogP contribution in [0.1, 0.15) is 24.8 Å². The van der Waals surface area contributed by atoms with Gasteiger partial charge in [-0.2, -0.15) is 0 Å². The van der Waals surface area contributed by atoms with E-state index in [0.717, 1.165) is 22.8 Å². The van der Waals surface area contributed by atoms with E-state index in [1.54, 1.807) is 0 Å². The van der Waals surface area contributed by atoms with Gasteiger partial charge in [-0.25, -0.2) is 0 Å². The van der Waals surface area contributed by atoms with Crippen molar-refractivity contribution in [2.45, 2.75) is 37.8 Å². The summed E-state index contributed by atoms with van der Waals surface area (Å²) in [6.07, 6.45) is 1.88. The molecule has 2 aromatic carbocycles. The largest absolute Gasteiger partial charge is 0.368 e. The highest BCUT2D eigenvalue weighted by Gasteiger charge is 2.29. The van der Waals surface area contributed by atoms with Crippen LogP contribution in [0, 0.1) is 5.92 Å². The second-order valence-electron chi connectivity index (χ2n) is 8.06. The van der Waals surface area contributed by atoms with Gasteiger partial charge in [0.2, 0.25) is 23.6 Å². The molecule has 1 heterocycles. The molecule has 7 N–H and O–H groups in total. The van der Waals surface area contributed by atoms with E-state index in [-0.39, 0.29) is 24.8 Å². The predicted octanol–water partition coefficient (Wildman–Crippen LogP) is -0.288.